The van der Waals surface area contributed by atoms with Crippen molar-refractivity contribution in [2.45, 2.75) is 13.8 Å². The molecule has 0 saturated carbocycles. The lowest BCUT2D eigenvalue weighted by molar-refractivity contribution is 1.10. The smallest absolute Gasteiger partial charge is 0.145 e. The number of imidazole rings is 1. The Balaban J connectivity index is 1.37. The van der Waals surface area contributed by atoms with E-state index >= 15 is 0 Å². The highest BCUT2D eigenvalue weighted by Crippen LogP contribution is 2.37. The van der Waals surface area contributed by atoms with Crippen molar-refractivity contribution in [3.05, 3.63) is 139 Å². The summed E-state index contributed by atoms with van der Waals surface area (Å²) in [6, 6.07) is 45.5. The normalized spacial score (nSPS) is 11.8. The molecule has 190 valence electrons. The van der Waals surface area contributed by atoms with Crippen molar-refractivity contribution in [2.75, 3.05) is 0 Å². The minimum absolute atomic E-state index is 0.943. The van der Waals surface area contributed by atoms with Gasteiger partial charge >= 0.3 is 0 Å². The van der Waals surface area contributed by atoms with Gasteiger partial charge in [-0.2, -0.15) is 0 Å². The lowest BCUT2D eigenvalue weighted by Gasteiger charge is -2.13. The molecule has 8 rings (SSSR count). The third kappa shape index (κ3) is 3.28. The molecule has 3 heteroatoms. The van der Waals surface area contributed by atoms with Crippen LogP contribution >= 0.6 is 0 Å². The average Bonchev–Trinajstić information content (AvgIpc) is 3.56. The number of para-hydroxylation sites is 3. The molecule has 40 heavy (non-hydrogen) atoms. The summed E-state index contributed by atoms with van der Waals surface area (Å²) in [6.45, 7) is 4.40. The van der Waals surface area contributed by atoms with Crippen LogP contribution in [0.2, 0.25) is 0 Å². The number of hydrogen-bond acceptors (Lipinski definition) is 1. The van der Waals surface area contributed by atoms with Gasteiger partial charge < -0.3 is 4.57 Å². The highest BCUT2D eigenvalue weighted by Gasteiger charge is 2.18. The Labute approximate surface area is 232 Å². The lowest BCUT2D eigenvalue weighted by Crippen LogP contribution is -1.99. The Kier molecular flexibility index (Phi) is 4.95. The fraction of sp³-hybridized carbons (Fsp3) is 0.0541. The van der Waals surface area contributed by atoms with Gasteiger partial charge in [-0.3, -0.25) is 4.57 Å². The van der Waals surface area contributed by atoms with E-state index in [1.807, 2.05) is 0 Å². The van der Waals surface area contributed by atoms with E-state index in [4.69, 9.17) is 4.98 Å². The Morgan fingerprint density at radius 1 is 0.475 bits per heavy atom. The molecule has 0 aliphatic heterocycles. The van der Waals surface area contributed by atoms with Crippen LogP contribution in [0.1, 0.15) is 11.1 Å². The highest BCUT2D eigenvalue weighted by atomic mass is 15.1. The molecule has 0 N–H and O–H groups in total. The van der Waals surface area contributed by atoms with Gasteiger partial charge in [-0.15, -0.1) is 0 Å². The summed E-state index contributed by atoms with van der Waals surface area (Å²) in [7, 11) is 0. The van der Waals surface area contributed by atoms with Crippen molar-refractivity contribution in [3.63, 3.8) is 0 Å². The molecular formula is C37H27N3. The number of hydrogen-bond donors (Lipinski definition) is 0. The van der Waals surface area contributed by atoms with Crippen molar-refractivity contribution < 1.29 is 0 Å². The summed E-state index contributed by atoms with van der Waals surface area (Å²) in [5, 5.41) is 4.96. The van der Waals surface area contributed by atoms with Crippen molar-refractivity contribution in [2.24, 2.45) is 0 Å². The van der Waals surface area contributed by atoms with Crippen molar-refractivity contribution in [1.29, 1.82) is 0 Å². The minimum Gasteiger partial charge on any atom is -0.309 e. The molecule has 0 fully saturated rings. The third-order valence-corrected chi connectivity index (χ3v) is 8.16. The largest absolute Gasteiger partial charge is 0.309 e. The van der Waals surface area contributed by atoms with Gasteiger partial charge in [-0.05, 0) is 72.8 Å². The van der Waals surface area contributed by atoms with E-state index in [0.29, 0.717) is 0 Å². The quantitative estimate of drug-likeness (QED) is 0.231. The molecule has 0 aliphatic rings. The van der Waals surface area contributed by atoms with Crippen LogP contribution in [0.4, 0.5) is 0 Å². The summed E-state index contributed by atoms with van der Waals surface area (Å²) in [5.41, 5.74) is 10.6. The molecule has 2 heterocycles. The van der Waals surface area contributed by atoms with Crippen LogP contribution in [0.15, 0.2) is 127 Å². The monoisotopic (exact) mass is 513 g/mol. The van der Waals surface area contributed by atoms with Gasteiger partial charge in [0, 0.05) is 33.1 Å². The van der Waals surface area contributed by atoms with Crippen LogP contribution < -0.4 is 0 Å². The molecule has 0 atom stereocenters. The minimum atomic E-state index is 0.943. The zero-order valence-electron chi connectivity index (χ0n) is 22.5. The van der Waals surface area contributed by atoms with Crippen molar-refractivity contribution >= 4 is 43.6 Å². The highest BCUT2D eigenvalue weighted by molar-refractivity contribution is 6.11. The summed E-state index contributed by atoms with van der Waals surface area (Å²) >= 11 is 0. The van der Waals surface area contributed by atoms with Gasteiger partial charge in [0.05, 0.1) is 22.1 Å². The van der Waals surface area contributed by atoms with E-state index < -0.39 is 0 Å². The first-order valence-corrected chi connectivity index (χ1v) is 13.7. The van der Waals surface area contributed by atoms with Crippen LogP contribution in [-0.4, -0.2) is 14.1 Å². The maximum absolute atomic E-state index is 5.26. The second kappa shape index (κ2) is 8.69. The van der Waals surface area contributed by atoms with Crippen molar-refractivity contribution in [1.82, 2.24) is 14.1 Å². The molecule has 8 aromatic rings. The van der Waals surface area contributed by atoms with Crippen LogP contribution in [0.5, 0.6) is 0 Å². The fourth-order valence-corrected chi connectivity index (χ4v) is 6.32. The van der Waals surface area contributed by atoms with E-state index in [1.165, 1.54) is 43.7 Å². The van der Waals surface area contributed by atoms with Crippen molar-refractivity contribution in [3.8, 4) is 22.8 Å². The topological polar surface area (TPSA) is 22.8 Å². The third-order valence-electron chi connectivity index (χ3n) is 8.16. The number of benzene rings is 6. The second-order valence-corrected chi connectivity index (χ2v) is 10.6. The maximum Gasteiger partial charge on any atom is 0.145 e. The first-order valence-electron chi connectivity index (χ1n) is 13.7. The Hall–Kier alpha value is -5.15. The molecule has 0 aliphatic carbocycles. The van der Waals surface area contributed by atoms with Crippen LogP contribution in [0.25, 0.3) is 66.4 Å². The molecule has 0 saturated heterocycles. The van der Waals surface area contributed by atoms with E-state index in [-0.39, 0.29) is 0 Å². The van der Waals surface area contributed by atoms with E-state index in [1.54, 1.807) is 0 Å². The number of rotatable bonds is 3. The summed E-state index contributed by atoms with van der Waals surface area (Å²) in [4.78, 5) is 5.26. The first kappa shape index (κ1) is 22.8. The molecule has 2 aromatic heterocycles. The van der Waals surface area contributed by atoms with Crippen LogP contribution in [0, 0.1) is 13.8 Å². The Morgan fingerprint density at radius 2 is 1.07 bits per heavy atom. The molecule has 3 nitrogen and oxygen atoms in total. The van der Waals surface area contributed by atoms with E-state index in [9.17, 15) is 0 Å². The first-order chi connectivity index (χ1) is 19.7. The molecule has 0 radical (unpaired) electrons. The number of fused-ring (bicyclic) bond motifs is 6. The summed E-state index contributed by atoms with van der Waals surface area (Å²) in [6.07, 6.45) is 0. The zero-order chi connectivity index (χ0) is 26.8. The Bertz CT molecular complexity index is 2160. The number of nitrogens with zero attached hydrogens (tertiary/aromatic N) is 3. The van der Waals surface area contributed by atoms with Gasteiger partial charge in [0.15, 0.2) is 0 Å². The average molecular weight is 514 g/mol. The lowest BCUT2D eigenvalue weighted by atomic mass is 10.1. The van der Waals surface area contributed by atoms with Gasteiger partial charge in [0.2, 0.25) is 0 Å². The molecular weight excluding hydrogens is 486 g/mol. The zero-order valence-corrected chi connectivity index (χ0v) is 22.5. The molecule has 0 bridgehead atoms. The standard InChI is InChI=1S/C37H27N3/c1-24-10-8-16-31-32-17-9-11-25(2)36(32)40(35(24)31)29-21-18-27(19-22-29)37-38-34-30-15-7-6-12-26(30)20-23-33(34)39(37)28-13-4-3-5-14-28/h3-23H,1-2H3. The van der Waals surface area contributed by atoms with Crippen LogP contribution in [-0.2, 0) is 0 Å². The van der Waals surface area contributed by atoms with Gasteiger partial charge in [0.25, 0.3) is 0 Å². The van der Waals surface area contributed by atoms with Gasteiger partial charge in [-0.1, -0.05) is 84.9 Å². The molecule has 0 amide bonds. The molecule has 6 aromatic carbocycles. The summed E-state index contributed by atoms with van der Waals surface area (Å²) < 4.78 is 4.71. The number of aromatic nitrogens is 3. The second-order valence-electron chi connectivity index (χ2n) is 10.6. The Morgan fingerprint density at radius 3 is 1.77 bits per heavy atom. The predicted molar refractivity (Wildman–Crippen MR) is 168 cm³/mol. The SMILES string of the molecule is Cc1cccc2c3cccc(C)c3n(-c3ccc(-c4nc5c6ccccc6ccc5n4-c4ccccc4)cc3)c12. The predicted octanol–water partition coefficient (Wildman–Crippen LogP) is 9.56. The van der Waals surface area contributed by atoms with Gasteiger partial charge in [-0.25, -0.2) is 4.98 Å². The maximum atomic E-state index is 5.26. The van der Waals surface area contributed by atoms with Crippen LogP contribution in [0.3, 0.4) is 0 Å². The number of aryl methyl sites for hydroxylation is 2. The van der Waals surface area contributed by atoms with E-state index in [0.717, 1.165) is 33.8 Å². The molecule has 0 spiro atoms. The fourth-order valence-electron chi connectivity index (χ4n) is 6.32. The van der Waals surface area contributed by atoms with Gasteiger partial charge in [0.1, 0.15) is 5.82 Å². The molecule has 0 unspecified atom stereocenters. The van der Waals surface area contributed by atoms with E-state index in [2.05, 4.69) is 150 Å². The summed E-state index contributed by atoms with van der Waals surface area (Å²) in [5.74, 6) is 0.943.